The molecule has 2 bridgehead atoms. The van der Waals surface area contributed by atoms with Crippen molar-refractivity contribution in [3.63, 3.8) is 0 Å². The van der Waals surface area contributed by atoms with Crippen molar-refractivity contribution in [2.45, 2.75) is 50.1 Å². The maximum Gasteiger partial charge on any atom is 0.280 e. The number of piperidine rings is 1. The second-order valence-electron chi connectivity index (χ2n) is 8.63. The molecule has 7 nitrogen and oxygen atoms in total. The topological polar surface area (TPSA) is 76.3 Å². The molecule has 2 fully saturated rings. The highest BCUT2D eigenvalue weighted by atomic mass is 19.3. The molecule has 5 heterocycles. The van der Waals surface area contributed by atoms with Gasteiger partial charge < -0.3 is 4.90 Å². The van der Waals surface area contributed by atoms with E-state index in [0.717, 1.165) is 31.9 Å². The zero-order valence-electron chi connectivity index (χ0n) is 17.4. The lowest BCUT2D eigenvalue weighted by atomic mass is 9.86. The number of hydrogen-bond acceptors (Lipinski definition) is 5. The number of fused-ring (bicyclic) bond motifs is 4. The van der Waals surface area contributed by atoms with Gasteiger partial charge in [0.05, 0.1) is 17.4 Å². The van der Waals surface area contributed by atoms with Crippen LogP contribution in [0.4, 0.5) is 13.2 Å². The number of carbonyl (C=O) groups is 1. The van der Waals surface area contributed by atoms with E-state index in [1.54, 1.807) is 18.2 Å². The second-order valence-corrected chi connectivity index (χ2v) is 8.63. The molecule has 10 heteroatoms. The van der Waals surface area contributed by atoms with E-state index in [4.69, 9.17) is 0 Å². The van der Waals surface area contributed by atoms with E-state index in [9.17, 15) is 18.0 Å². The Hall–Kier alpha value is -3.56. The maximum atomic E-state index is 13.7. The van der Waals surface area contributed by atoms with E-state index in [-0.39, 0.29) is 35.4 Å². The molecule has 0 radical (unpaired) electrons. The quantitative estimate of drug-likeness (QED) is 0.463. The number of halogens is 3. The summed E-state index contributed by atoms with van der Waals surface area (Å²) in [5.74, 6) is -0.646. The molecule has 168 valence electrons. The van der Waals surface area contributed by atoms with Crippen molar-refractivity contribution in [3.05, 3.63) is 65.6 Å². The molecule has 2 aliphatic rings. The summed E-state index contributed by atoms with van der Waals surface area (Å²) in [6.07, 6.45) is 2.86. The summed E-state index contributed by atoms with van der Waals surface area (Å²) in [4.78, 5) is 27.5. The Morgan fingerprint density at radius 1 is 1.06 bits per heavy atom. The second kappa shape index (κ2) is 7.50. The molecule has 33 heavy (non-hydrogen) atoms. The molecule has 0 unspecified atom stereocenters. The lowest BCUT2D eigenvalue weighted by molar-refractivity contribution is 0.0554. The van der Waals surface area contributed by atoms with Crippen molar-refractivity contribution < 1.29 is 18.0 Å². The summed E-state index contributed by atoms with van der Waals surface area (Å²) in [6.45, 7) is 0. The summed E-state index contributed by atoms with van der Waals surface area (Å²) < 4.78 is 42.2. The van der Waals surface area contributed by atoms with Gasteiger partial charge in [-0.2, -0.15) is 10.1 Å². The Bertz CT molecular complexity index is 1390. The highest BCUT2D eigenvalue weighted by molar-refractivity contribution is 5.98. The van der Waals surface area contributed by atoms with Gasteiger partial charge in [0.2, 0.25) is 0 Å². The summed E-state index contributed by atoms with van der Waals surface area (Å²) in [5, 5.41) is 4.76. The van der Waals surface area contributed by atoms with Crippen LogP contribution in [-0.4, -0.2) is 47.5 Å². The standard InChI is InChI=1S/C23H19F3N6O/c24-14-8-13-7-12(1-5-17(13)27-10-14)22(33)31-15-2-4-16(19(31)6-3-15)20-9-18(21(25)26)30-23-28-11-29-32(20)23/h1,5,7-11,15-16,19,21H,2-4,6H2/t15-,16-,19-/m0/s1. The largest absolute Gasteiger partial charge is 0.332 e. The van der Waals surface area contributed by atoms with Crippen LogP contribution in [0.2, 0.25) is 0 Å². The van der Waals surface area contributed by atoms with Crippen molar-refractivity contribution in [3.8, 4) is 0 Å². The third-order valence-corrected chi connectivity index (χ3v) is 6.85. The monoisotopic (exact) mass is 452 g/mol. The summed E-state index contributed by atoms with van der Waals surface area (Å²) in [7, 11) is 0. The van der Waals surface area contributed by atoms with Gasteiger partial charge in [-0.1, -0.05) is 0 Å². The molecule has 0 saturated carbocycles. The number of nitrogens with zero attached hydrogens (tertiary/aromatic N) is 6. The van der Waals surface area contributed by atoms with Crippen LogP contribution in [0, 0.1) is 5.82 Å². The zero-order chi connectivity index (χ0) is 22.7. The summed E-state index contributed by atoms with van der Waals surface area (Å²) in [5.41, 5.74) is 1.33. The Balaban J connectivity index is 1.39. The first-order valence-corrected chi connectivity index (χ1v) is 10.9. The number of benzene rings is 1. The predicted molar refractivity (Wildman–Crippen MR) is 112 cm³/mol. The molecule has 1 aromatic carbocycles. The summed E-state index contributed by atoms with van der Waals surface area (Å²) in [6, 6.07) is 7.76. The third kappa shape index (κ3) is 3.23. The number of rotatable bonds is 3. The SMILES string of the molecule is O=C(c1ccc2ncc(F)cc2c1)N1[C@H]2CC[C@H](c3cc(C(F)F)nc4ncnn34)[C@@H]1CC2. The number of amides is 1. The molecule has 4 aromatic rings. The fraction of sp³-hybridized carbons (Fsp3) is 0.348. The van der Waals surface area contributed by atoms with Crippen LogP contribution < -0.4 is 0 Å². The van der Waals surface area contributed by atoms with Gasteiger partial charge in [-0.05, 0) is 56.0 Å². The minimum atomic E-state index is -2.73. The number of alkyl halides is 2. The highest BCUT2D eigenvalue weighted by Gasteiger charge is 2.46. The van der Waals surface area contributed by atoms with Gasteiger partial charge in [-0.25, -0.2) is 22.7 Å². The molecule has 3 aromatic heterocycles. The van der Waals surface area contributed by atoms with E-state index in [1.807, 2.05) is 4.90 Å². The first-order chi connectivity index (χ1) is 16.0. The van der Waals surface area contributed by atoms with E-state index in [0.29, 0.717) is 22.2 Å². The number of carbonyl (C=O) groups excluding carboxylic acids is 1. The van der Waals surface area contributed by atoms with E-state index < -0.39 is 12.2 Å². The summed E-state index contributed by atoms with van der Waals surface area (Å²) >= 11 is 0. The Morgan fingerprint density at radius 2 is 1.91 bits per heavy atom. The Morgan fingerprint density at radius 3 is 2.76 bits per heavy atom. The lowest BCUT2D eigenvalue weighted by Gasteiger charge is -2.40. The zero-order valence-corrected chi connectivity index (χ0v) is 17.4. The molecule has 2 aliphatic heterocycles. The van der Waals surface area contributed by atoms with Crippen LogP contribution in [0.25, 0.3) is 16.7 Å². The minimum Gasteiger partial charge on any atom is -0.332 e. The van der Waals surface area contributed by atoms with Crippen LogP contribution in [0.1, 0.15) is 59.8 Å². The molecule has 3 atom stereocenters. The average Bonchev–Trinajstić information content (AvgIpc) is 3.40. The number of aromatic nitrogens is 5. The van der Waals surface area contributed by atoms with Crippen LogP contribution in [0.3, 0.4) is 0 Å². The van der Waals surface area contributed by atoms with Crippen molar-refractivity contribution in [2.75, 3.05) is 0 Å². The smallest absolute Gasteiger partial charge is 0.280 e. The fourth-order valence-corrected chi connectivity index (χ4v) is 5.43. The van der Waals surface area contributed by atoms with Gasteiger partial charge >= 0.3 is 0 Å². The number of hydrogen-bond donors (Lipinski definition) is 0. The molecule has 6 rings (SSSR count). The van der Waals surface area contributed by atoms with Crippen molar-refractivity contribution in [1.29, 1.82) is 0 Å². The van der Waals surface area contributed by atoms with Crippen LogP contribution in [-0.2, 0) is 0 Å². The van der Waals surface area contributed by atoms with Crippen LogP contribution in [0.15, 0.2) is 42.9 Å². The molecule has 2 saturated heterocycles. The molecule has 0 aliphatic carbocycles. The van der Waals surface area contributed by atoms with Crippen molar-refractivity contribution in [2.24, 2.45) is 0 Å². The van der Waals surface area contributed by atoms with E-state index in [2.05, 4.69) is 20.1 Å². The van der Waals surface area contributed by atoms with Gasteiger partial charge in [-0.15, -0.1) is 0 Å². The van der Waals surface area contributed by atoms with E-state index >= 15 is 0 Å². The van der Waals surface area contributed by atoms with Crippen molar-refractivity contribution in [1.82, 2.24) is 29.5 Å². The molecular weight excluding hydrogens is 433 g/mol. The van der Waals surface area contributed by atoms with Gasteiger partial charge in [0.25, 0.3) is 18.1 Å². The maximum absolute atomic E-state index is 13.7. The van der Waals surface area contributed by atoms with Gasteiger partial charge in [0.1, 0.15) is 17.8 Å². The fourth-order valence-electron chi connectivity index (χ4n) is 5.43. The predicted octanol–water partition coefficient (Wildman–Crippen LogP) is 4.30. The minimum absolute atomic E-state index is 0.0859. The molecule has 0 spiro atoms. The van der Waals surface area contributed by atoms with Crippen LogP contribution >= 0.6 is 0 Å². The normalized spacial score (nSPS) is 22.5. The molecule has 1 amide bonds. The van der Waals surface area contributed by atoms with Crippen molar-refractivity contribution >= 4 is 22.6 Å². The molecular formula is C23H19F3N6O. The van der Waals surface area contributed by atoms with Gasteiger partial charge in [0, 0.05) is 29.0 Å². The van der Waals surface area contributed by atoms with E-state index in [1.165, 1.54) is 23.0 Å². The highest BCUT2D eigenvalue weighted by Crippen LogP contribution is 2.45. The molecule has 0 N–H and O–H groups in total. The van der Waals surface area contributed by atoms with Gasteiger partial charge in [-0.3, -0.25) is 9.78 Å². The van der Waals surface area contributed by atoms with Crippen LogP contribution in [0.5, 0.6) is 0 Å². The lowest BCUT2D eigenvalue weighted by Crippen LogP contribution is -2.47. The first kappa shape index (κ1) is 20.1. The third-order valence-electron chi connectivity index (χ3n) is 6.85. The number of pyridine rings is 1. The Kier molecular flexibility index (Phi) is 4.56. The first-order valence-electron chi connectivity index (χ1n) is 10.9. The Labute approximate surface area is 186 Å². The van der Waals surface area contributed by atoms with Gasteiger partial charge in [0.15, 0.2) is 0 Å². The average molecular weight is 452 g/mol.